The molecule has 2 aromatic heterocycles. The van der Waals surface area contributed by atoms with Crippen molar-refractivity contribution in [2.24, 2.45) is 7.05 Å². The Labute approximate surface area is 111 Å². The van der Waals surface area contributed by atoms with Crippen LogP contribution in [-0.4, -0.2) is 25.8 Å². The van der Waals surface area contributed by atoms with E-state index in [0.29, 0.717) is 5.69 Å². The van der Waals surface area contributed by atoms with Gasteiger partial charge in [0.25, 0.3) is 0 Å². The molecular formula is C10H9N3O5S. The Balaban J connectivity index is 2.37. The minimum atomic E-state index is -1.19. The Bertz CT molecular complexity index is 660. The van der Waals surface area contributed by atoms with Crippen molar-refractivity contribution in [1.82, 2.24) is 9.78 Å². The molecule has 9 heteroatoms. The zero-order valence-electron chi connectivity index (χ0n) is 9.98. The van der Waals surface area contributed by atoms with E-state index >= 15 is 0 Å². The second-order valence-electron chi connectivity index (χ2n) is 3.65. The van der Waals surface area contributed by atoms with Crippen LogP contribution in [0.3, 0.4) is 0 Å². The van der Waals surface area contributed by atoms with Crippen LogP contribution in [0.4, 0.5) is 5.69 Å². The average Bonchev–Trinajstić information content (AvgIpc) is 2.85. The van der Waals surface area contributed by atoms with Gasteiger partial charge in [0.15, 0.2) is 10.1 Å². The van der Waals surface area contributed by atoms with E-state index in [1.165, 1.54) is 23.7 Å². The average molecular weight is 283 g/mol. The van der Waals surface area contributed by atoms with Crippen molar-refractivity contribution < 1.29 is 19.2 Å². The fraction of sp³-hybridized carbons (Fsp3) is 0.200. The predicted molar refractivity (Wildman–Crippen MR) is 64.4 cm³/mol. The SMILES string of the molecule is Cc1nn(C)c(Sc2ccc(C(=O)O)o2)c1[N+](=O)[O-]. The molecule has 0 radical (unpaired) electrons. The second kappa shape index (κ2) is 4.76. The number of hydrogen-bond donors (Lipinski definition) is 1. The Hall–Kier alpha value is -2.29. The summed E-state index contributed by atoms with van der Waals surface area (Å²) in [6, 6.07) is 2.74. The highest BCUT2D eigenvalue weighted by molar-refractivity contribution is 7.99. The van der Waals surface area contributed by atoms with Crippen molar-refractivity contribution in [3.63, 3.8) is 0 Å². The number of aromatic carboxylic acids is 1. The standard InChI is InChI=1S/C10H9N3O5S/c1-5-8(13(16)17)9(12(2)11-5)19-7-4-3-6(18-7)10(14)15/h3-4H,1-2H3,(H,14,15). The van der Waals surface area contributed by atoms with E-state index in [-0.39, 0.29) is 21.6 Å². The molecular weight excluding hydrogens is 274 g/mol. The number of furan rings is 1. The zero-order valence-corrected chi connectivity index (χ0v) is 10.8. The monoisotopic (exact) mass is 283 g/mol. The summed E-state index contributed by atoms with van der Waals surface area (Å²) in [5.41, 5.74) is 0.181. The molecule has 0 saturated carbocycles. The van der Waals surface area contributed by atoms with Gasteiger partial charge < -0.3 is 9.52 Å². The summed E-state index contributed by atoms with van der Waals surface area (Å²) in [6.07, 6.45) is 0. The third-order valence-electron chi connectivity index (χ3n) is 2.31. The summed E-state index contributed by atoms with van der Waals surface area (Å²) in [7, 11) is 1.57. The van der Waals surface area contributed by atoms with Crippen molar-refractivity contribution in [1.29, 1.82) is 0 Å². The van der Waals surface area contributed by atoms with Gasteiger partial charge in [-0.1, -0.05) is 0 Å². The lowest BCUT2D eigenvalue weighted by Gasteiger charge is -1.98. The number of hydrogen-bond acceptors (Lipinski definition) is 6. The molecule has 0 saturated heterocycles. The smallest absolute Gasteiger partial charge is 0.371 e. The first-order valence-electron chi connectivity index (χ1n) is 5.09. The summed E-state index contributed by atoms with van der Waals surface area (Å²) < 4.78 is 6.41. The molecule has 100 valence electrons. The first-order chi connectivity index (χ1) is 8.90. The van der Waals surface area contributed by atoms with Gasteiger partial charge in [-0.2, -0.15) is 5.10 Å². The Morgan fingerprint density at radius 2 is 2.26 bits per heavy atom. The molecule has 0 atom stereocenters. The Morgan fingerprint density at radius 1 is 1.58 bits per heavy atom. The fourth-order valence-electron chi connectivity index (χ4n) is 1.54. The second-order valence-corrected chi connectivity index (χ2v) is 4.64. The molecule has 0 fully saturated rings. The van der Waals surface area contributed by atoms with Gasteiger partial charge in [0.2, 0.25) is 5.76 Å². The maximum atomic E-state index is 11.0. The van der Waals surface area contributed by atoms with Crippen molar-refractivity contribution in [2.45, 2.75) is 17.0 Å². The lowest BCUT2D eigenvalue weighted by molar-refractivity contribution is -0.388. The number of rotatable bonds is 4. The third-order valence-corrected chi connectivity index (χ3v) is 3.38. The molecule has 0 amide bonds. The maximum Gasteiger partial charge on any atom is 0.371 e. The van der Waals surface area contributed by atoms with Crippen molar-refractivity contribution in [3.8, 4) is 0 Å². The normalized spacial score (nSPS) is 10.6. The summed E-state index contributed by atoms with van der Waals surface area (Å²) >= 11 is 0.957. The van der Waals surface area contributed by atoms with Crippen molar-refractivity contribution in [2.75, 3.05) is 0 Å². The molecule has 0 bridgehead atoms. The minimum absolute atomic E-state index is 0.110. The number of carboxylic acid groups (broad SMARTS) is 1. The van der Waals surface area contributed by atoms with Gasteiger partial charge >= 0.3 is 11.7 Å². The van der Waals surface area contributed by atoms with E-state index in [2.05, 4.69) is 5.10 Å². The zero-order chi connectivity index (χ0) is 14.2. The first kappa shape index (κ1) is 13.1. The maximum absolute atomic E-state index is 11.0. The highest BCUT2D eigenvalue weighted by Gasteiger charge is 2.26. The first-order valence-corrected chi connectivity index (χ1v) is 5.90. The molecule has 2 heterocycles. The van der Waals surface area contributed by atoms with Crippen LogP contribution in [0, 0.1) is 17.0 Å². The summed E-state index contributed by atoms with van der Waals surface area (Å²) in [4.78, 5) is 21.1. The lowest BCUT2D eigenvalue weighted by atomic mass is 10.4. The molecule has 0 aliphatic heterocycles. The molecule has 0 spiro atoms. The lowest BCUT2D eigenvalue weighted by Crippen LogP contribution is -1.94. The van der Waals surface area contributed by atoms with Gasteiger partial charge in [-0.15, -0.1) is 0 Å². The number of nitro groups is 1. The number of carboxylic acids is 1. The van der Waals surface area contributed by atoms with Crippen LogP contribution in [0.5, 0.6) is 0 Å². The molecule has 2 aromatic rings. The minimum Gasteiger partial charge on any atom is -0.475 e. The molecule has 8 nitrogen and oxygen atoms in total. The van der Waals surface area contributed by atoms with Gasteiger partial charge in [0, 0.05) is 7.05 Å². The van der Waals surface area contributed by atoms with Crippen LogP contribution in [0.15, 0.2) is 26.7 Å². The number of aromatic nitrogens is 2. The molecule has 1 N–H and O–H groups in total. The van der Waals surface area contributed by atoms with E-state index in [0.717, 1.165) is 11.8 Å². The molecule has 0 aliphatic rings. The third kappa shape index (κ3) is 2.45. The molecule has 19 heavy (non-hydrogen) atoms. The van der Waals surface area contributed by atoms with Crippen molar-refractivity contribution in [3.05, 3.63) is 33.7 Å². The highest BCUT2D eigenvalue weighted by Crippen LogP contribution is 2.36. The van der Waals surface area contributed by atoms with Gasteiger partial charge in [0.05, 0.1) is 4.92 Å². The van der Waals surface area contributed by atoms with Gasteiger partial charge in [-0.25, -0.2) is 4.79 Å². The van der Waals surface area contributed by atoms with Gasteiger partial charge in [-0.3, -0.25) is 14.8 Å². The van der Waals surface area contributed by atoms with E-state index in [9.17, 15) is 14.9 Å². The Kier molecular flexibility index (Phi) is 3.30. The summed E-state index contributed by atoms with van der Waals surface area (Å²) in [5.74, 6) is -1.41. The predicted octanol–water partition coefficient (Wildman–Crippen LogP) is 2.08. The topological polar surface area (TPSA) is 111 Å². The number of nitrogens with zero attached hydrogens (tertiary/aromatic N) is 3. The number of carbonyl (C=O) groups is 1. The van der Waals surface area contributed by atoms with Crippen LogP contribution in [-0.2, 0) is 7.05 Å². The molecule has 0 aromatic carbocycles. The van der Waals surface area contributed by atoms with Crippen LogP contribution in [0.2, 0.25) is 0 Å². The van der Waals surface area contributed by atoms with E-state index < -0.39 is 10.9 Å². The Morgan fingerprint density at radius 3 is 2.79 bits per heavy atom. The van der Waals surface area contributed by atoms with Gasteiger partial charge in [-0.05, 0) is 30.8 Å². The van der Waals surface area contributed by atoms with Crippen LogP contribution >= 0.6 is 11.8 Å². The largest absolute Gasteiger partial charge is 0.475 e. The number of aryl methyl sites for hydroxylation is 2. The van der Waals surface area contributed by atoms with Crippen LogP contribution in [0.1, 0.15) is 16.2 Å². The van der Waals surface area contributed by atoms with Gasteiger partial charge in [0.1, 0.15) is 5.69 Å². The van der Waals surface area contributed by atoms with E-state index in [1.807, 2.05) is 0 Å². The fourth-order valence-corrected chi connectivity index (χ4v) is 2.49. The molecule has 0 aliphatic carbocycles. The van der Waals surface area contributed by atoms with Crippen LogP contribution < -0.4 is 0 Å². The van der Waals surface area contributed by atoms with E-state index in [1.54, 1.807) is 7.05 Å². The summed E-state index contributed by atoms with van der Waals surface area (Å²) in [5, 5.41) is 24.2. The van der Waals surface area contributed by atoms with Crippen LogP contribution in [0.25, 0.3) is 0 Å². The van der Waals surface area contributed by atoms with E-state index in [4.69, 9.17) is 9.52 Å². The summed E-state index contributed by atoms with van der Waals surface area (Å²) in [6.45, 7) is 1.53. The molecule has 2 rings (SSSR count). The van der Waals surface area contributed by atoms with Crippen molar-refractivity contribution >= 4 is 23.4 Å². The highest BCUT2D eigenvalue weighted by atomic mass is 32.2. The quantitative estimate of drug-likeness (QED) is 0.675. The molecule has 0 unspecified atom stereocenters.